The van der Waals surface area contributed by atoms with Crippen molar-refractivity contribution in [1.82, 2.24) is 0 Å². The number of aryl methyl sites for hydroxylation is 1. The van der Waals surface area contributed by atoms with Crippen molar-refractivity contribution in [1.29, 1.82) is 0 Å². The van der Waals surface area contributed by atoms with Crippen LogP contribution in [0, 0.1) is 39.7 Å². The highest BCUT2D eigenvalue weighted by Crippen LogP contribution is 2.64. The van der Waals surface area contributed by atoms with Gasteiger partial charge in [0.25, 0.3) is 5.69 Å². The van der Waals surface area contributed by atoms with Crippen LogP contribution in [0.5, 0.6) is 11.5 Å². The normalized spacial score (nSPS) is 33.5. The smallest absolute Gasteiger partial charge is 0.269 e. The zero-order valence-electron chi connectivity index (χ0n) is 17.7. The number of hydrogen-bond acceptors (Lipinski definition) is 4. The number of aliphatic hydroxyl groups is 1. The third-order valence-corrected chi connectivity index (χ3v) is 8.37. The highest BCUT2D eigenvalue weighted by atomic mass is 16.6. The monoisotopic (exact) mass is 417 g/mol. The second-order valence-corrected chi connectivity index (χ2v) is 9.63. The predicted octanol–water partition coefficient (Wildman–Crippen LogP) is 5.61. The Hall–Kier alpha value is -2.84. The van der Waals surface area contributed by atoms with Crippen molar-refractivity contribution in [2.45, 2.75) is 57.0 Å². The van der Waals surface area contributed by atoms with Gasteiger partial charge in [-0.25, -0.2) is 0 Å². The fourth-order valence-corrected chi connectivity index (χ4v) is 6.65. The van der Waals surface area contributed by atoms with E-state index in [0.29, 0.717) is 29.9 Å². The first-order valence-electron chi connectivity index (χ1n) is 11.1. The van der Waals surface area contributed by atoms with Gasteiger partial charge in [-0.1, -0.05) is 18.9 Å². The summed E-state index contributed by atoms with van der Waals surface area (Å²) in [5, 5.41) is 21.9. The number of nitro benzene ring substituents is 1. The molecule has 0 unspecified atom stereocenters. The van der Waals surface area contributed by atoms with Gasteiger partial charge in [-0.2, -0.15) is 0 Å². The summed E-state index contributed by atoms with van der Waals surface area (Å²) >= 11 is 0. The number of fused-ring (bicyclic) bond motifs is 5. The minimum atomic E-state index is -0.967. The van der Waals surface area contributed by atoms with E-state index in [9.17, 15) is 15.2 Å². The standard InChI is InChI=1S/C26H27NO4/c1-3-26(28)15-13-24-23-10-4-17-16-20(31-19-7-5-18(6-8-19)27(29)30)9-11-21(17)22(23)12-14-25(24,26)2/h1,5-9,11,16,22-24,28H,4,10,12-15H2,2H3/t22-,23-,24-,25-,26-/m0/s1. The lowest BCUT2D eigenvalue weighted by Gasteiger charge is -2.52. The third kappa shape index (κ3) is 3.04. The summed E-state index contributed by atoms with van der Waals surface area (Å²) in [4.78, 5) is 10.4. The Morgan fingerprint density at radius 1 is 1.13 bits per heavy atom. The van der Waals surface area contributed by atoms with Gasteiger partial charge in [-0.3, -0.25) is 10.1 Å². The number of nitro groups is 1. The lowest BCUT2D eigenvalue weighted by atomic mass is 9.53. The molecule has 0 radical (unpaired) electrons. The molecule has 5 atom stereocenters. The molecule has 0 bridgehead atoms. The summed E-state index contributed by atoms with van der Waals surface area (Å²) in [6.07, 6.45) is 11.6. The van der Waals surface area contributed by atoms with E-state index in [1.165, 1.54) is 23.3 Å². The Morgan fingerprint density at radius 3 is 2.58 bits per heavy atom. The first-order chi connectivity index (χ1) is 14.8. The molecule has 0 saturated heterocycles. The van der Waals surface area contributed by atoms with E-state index >= 15 is 0 Å². The lowest BCUT2D eigenvalue weighted by molar-refractivity contribution is -0.384. The van der Waals surface area contributed by atoms with Gasteiger partial charge in [-0.05, 0) is 91.7 Å². The van der Waals surface area contributed by atoms with Crippen molar-refractivity contribution in [3.8, 4) is 23.8 Å². The molecule has 2 fully saturated rings. The number of non-ortho nitro benzene ring substituents is 1. The molecular formula is C26H27NO4. The molecule has 0 heterocycles. The molecule has 5 heteroatoms. The molecular weight excluding hydrogens is 390 g/mol. The molecule has 5 nitrogen and oxygen atoms in total. The van der Waals surface area contributed by atoms with Crippen LogP contribution >= 0.6 is 0 Å². The van der Waals surface area contributed by atoms with Crippen LogP contribution < -0.4 is 4.74 Å². The van der Waals surface area contributed by atoms with Crippen LogP contribution in [-0.2, 0) is 6.42 Å². The van der Waals surface area contributed by atoms with E-state index in [2.05, 4.69) is 25.0 Å². The van der Waals surface area contributed by atoms with E-state index in [-0.39, 0.29) is 11.1 Å². The highest BCUT2D eigenvalue weighted by Gasteiger charge is 2.61. The number of terminal acetylenes is 1. The van der Waals surface area contributed by atoms with Gasteiger partial charge in [0.05, 0.1) is 4.92 Å². The van der Waals surface area contributed by atoms with Crippen molar-refractivity contribution < 1.29 is 14.8 Å². The molecule has 31 heavy (non-hydrogen) atoms. The van der Waals surface area contributed by atoms with Crippen molar-refractivity contribution in [3.63, 3.8) is 0 Å². The van der Waals surface area contributed by atoms with Crippen LogP contribution in [0.4, 0.5) is 5.69 Å². The maximum atomic E-state index is 11.1. The molecule has 3 aliphatic rings. The van der Waals surface area contributed by atoms with Crippen LogP contribution in [0.3, 0.4) is 0 Å². The maximum absolute atomic E-state index is 11.1. The summed E-state index contributed by atoms with van der Waals surface area (Å²) in [5.74, 6) is 5.63. The second-order valence-electron chi connectivity index (χ2n) is 9.63. The third-order valence-electron chi connectivity index (χ3n) is 8.37. The Kier molecular flexibility index (Phi) is 4.60. The number of nitrogens with zero attached hydrogens (tertiary/aromatic N) is 1. The van der Waals surface area contributed by atoms with Crippen LogP contribution in [0.1, 0.15) is 56.1 Å². The van der Waals surface area contributed by atoms with E-state index in [1.807, 2.05) is 6.07 Å². The number of rotatable bonds is 3. The molecule has 2 aromatic carbocycles. The summed E-state index contributed by atoms with van der Waals surface area (Å²) in [7, 11) is 0. The summed E-state index contributed by atoms with van der Waals surface area (Å²) in [5.41, 5.74) is 1.64. The molecule has 3 aliphatic carbocycles. The first kappa shape index (κ1) is 20.1. The van der Waals surface area contributed by atoms with Gasteiger partial charge in [0.1, 0.15) is 17.1 Å². The summed E-state index contributed by atoms with van der Waals surface area (Å²) in [6, 6.07) is 12.5. The van der Waals surface area contributed by atoms with E-state index in [4.69, 9.17) is 11.2 Å². The van der Waals surface area contributed by atoms with Gasteiger partial charge < -0.3 is 9.84 Å². The maximum Gasteiger partial charge on any atom is 0.269 e. The van der Waals surface area contributed by atoms with Crippen molar-refractivity contribution >= 4 is 5.69 Å². The van der Waals surface area contributed by atoms with Crippen molar-refractivity contribution in [3.05, 3.63) is 63.7 Å². The van der Waals surface area contributed by atoms with Crippen LogP contribution in [0.15, 0.2) is 42.5 Å². The van der Waals surface area contributed by atoms with Gasteiger partial charge >= 0.3 is 0 Å². The average molecular weight is 418 g/mol. The summed E-state index contributed by atoms with van der Waals surface area (Å²) in [6.45, 7) is 2.21. The van der Waals surface area contributed by atoms with Crippen LogP contribution in [0.2, 0.25) is 0 Å². The quantitative estimate of drug-likeness (QED) is 0.400. The fourth-order valence-electron chi connectivity index (χ4n) is 6.65. The molecule has 160 valence electrons. The van der Waals surface area contributed by atoms with Gasteiger partial charge in [-0.15, -0.1) is 6.42 Å². The number of hydrogen-bond donors (Lipinski definition) is 1. The minimum Gasteiger partial charge on any atom is -0.457 e. The van der Waals surface area contributed by atoms with Gasteiger partial charge in [0, 0.05) is 17.5 Å². The van der Waals surface area contributed by atoms with Crippen LogP contribution in [-0.4, -0.2) is 15.6 Å². The van der Waals surface area contributed by atoms with Crippen molar-refractivity contribution in [2.24, 2.45) is 17.3 Å². The van der Waals surface area contributed by atoms with E-state index in [0.717, 1.165) is 37.9 Å². The summed E-state index contributed by atoms with van der Waals surface area (Å²) < 4.78 is 5.96. The molecule has 0 spiro atoms. The van der Waals surface area contributed by atoms with Gasteiger partial charge in [0.15, 0.2) is 0 Å². The molecule has 0 amide bonds. The molecule has 1 N–H and O–H groups in total. The Bertz CT molecular complexity index is 1070. The number of ether oxygens (including phenoxy) is 1. The first-order valence-corrected chi connectivity index (χ1v) is 11.1. The molecule has 0 aromatic heterocycles. The Morgan fingerprint density at radius 2 is 1.87 bits per heavy atom. The second kappa shape index (κ2) is 7.10. The van der Waals surface area contributed by atoms with E-state index < -0.39 is 10.5 Å². The molecule has 2 saturated carbocycles. The lowest BCUT2D eigenvalue weighted by Crippen LogP contribution is -2.50. The highest BCUT2D eigenvalue weighted by molar-refractivity contribution is 5.44. The van der Waals surface area contributed by atoms with Gasteiger partial charge in [0.2, 0.25) is 0 Å². The fraction of sp³-hybridized carbons (Fsp3) is 0.462. The Balaban J connectivity index is 1.37. The zero-order valence-corrected chi connectivity index (χ0v) is 17.7. The van der Waals surface area contributed by atoms with Crippen LogP contribution in [0.25, 0.3) is 0 Å². The van der Waals surface area contributed by atoms with E-state index in [1.54, 1.807) is 12.1 Å². The topological polar surface area (TPSA) is 72.6 Å². The largest absolute Gasteiger partial charge is 0.457 e. The predicted molar refractivity (Wildman–Crippen MR) is 118 cm³/mol. The SMILES string of the molecule is C#C[C@]1(O)CC[C@H]2[C@H]3CCc4cc(Oc5ccc([N+](=O)[O-])cc5)ccc4[C@@H]3CC[C@@]21C. The molecule has 2 aromatic rings. The Labute approximate surface area is 182 Å². The molecule has 0 aliphatic heterocycles. The average Bonchev–Trinajstić information content (AvgIpc) is 3.05. The molecule has 5 rings (SSSR count). The van der Waals surface area contributed by atoms with Crippen molar-refractivity contribution in [2.75, 3.05) is 0 Å². The zero-order chi connectivity index (χ0) is 21.8. The minimum absolute atomic E-state index is 0.0526. The number of benzene rings is 2.